The fourth-order valence-electron chi connectivity index (χ4n) is 1.81. The second-order valence-corrected chi connectivity index (χ2v) is 4.17. The minimum Gasteiger partial charge on any atom is -0.382 e. The van der Waals surface area contributed by atoms with Gasteiger partial charge >= 0.3 is 0 Å². The van der Waals surface area contributed by atoms with Gasteiger partial charge in [-0.2, -0.15) is 0 Å². The zero-order chi connectivity index (χ0) is 14.4. The average molecular weight is 272 g/mol. The molecule has 0 saturated heterocycles. The number of aromatic nitrogens is 2. The summed E-state index contributed by atoms with van der Waals surface area (Å²) in [5, 5.41) is 2.78. The van der Waals surface area contributed by atoms with Gasteiger partial charge in [0.1, 0.15) is 0 Å². The Hall–Kier alpha value is -2.47. The first-order valence-electron chi connectivity index (χ1n) is 6.12. The summed E-state index contributed by atoms with van der Waals surface area (Å²) in [6.07, 6.45) is 2.88. The van der Waals surface area contributed by atoms with Gasteiger partial charge in [-0.05, 0) is 11.1 Å². The van der Waals surface area contributed by atoms with Gasteiger partial charge in [0, 0.05) is 26.0 Å². The van der Waals surface area contributed by atoms with Crippen molar-refractivity contribution >= 4 is 11.7 Å². The number of anilines is 1. The van der Waals surface area contributed by atoms with Crippen molar-refractivity contribution in [3.8, 4) is 0 Å². The molecule has 6 nitrogen and oxygen atoms in total. The van der Waals surface area contributed by atoms with Crippen LogP contribution in [0, 0.1) is 0 Å². The molecule has 3 N–H and O–H groups in total. The van der Waals surface area contributed by atoms with Gasteiger partial charge in [-0.1, -0.05) is 24.3 Å². The Balaban J connectivity index is 2.06. The number of nitrogens with two attached hydrogens (primary N) is 1. The normalized spacial score (nSPS) is 10.2. The molecule has 1 aromatic heterocycles. The number of nitrogens with zero attached hydrogens (tertiary/aromatic N) is 2. The van der Waals surface area contributed by atoms with Crippen molar-refractivity contribution in [3.05, 3.63) is 53.5 Å². The predicted octanol–water partition coefficient (Wildman–Crippen LogP) is 1.14. The molecule has 0 aliphatic heterocycles. The van der Waals surface area contributed by atoms with Crippen LogP contribution in [-0.2, 0) is 17.9 Å². The molecule has 1 aromatic carbocycles. The summed E-state index contributed by atoms with van der Waals surface area (Å²) >= 11 is 0. The first-order valence-corrected chi connectivity index (χ1v) is 6.12. The molecular formula is C14H16N4O2. The number of rotatable bonds is 5. The molecule has 1 heterocycles. The first-order chi connectivity index (χ1) is 9.72. The lowest BCUT2D eigenvalue weighted by Gasteiger charge is -2.10. The van der Waals surface area contributed by atoms with E-state index in [1.54, 1.807) is 7.11 Å². The summed E-state index contributed by atoms with van der Waals surface area (Å²) in [5.41, 5.74) is 7.77. The number of carbonyl (C=O) groups is 1. The van der Waals surface area contributed by atoms with E-state index in [1.165, 1.54) is 12.4 Å². The number of carbonyl (C=O) groups excluding carboxylic acids is 1. The standard InChI is InChI=1S/C14H16N4O2/c1-20-9-11-5-3-2-4-10(11)8-18-14(19)12-13(15)17-7-6-16-12/h2-7H,8-9H2,1H3,(H2,15,17)(H,18,19). The smallest absolute Gasteiger partial charge is 0.273 e. The number of methoxy groups -OCH3 is 1. The maximum atomic E-state index is 12.0. The van der Waals surface area contributed by atoms with Crippen LogP contribution in [0.3, 0.4) is 0 Å². The van der Waals surface area contributed by atoms with Crippen molar-refractivity contribution < 1.29 is 9.53 Å². The molecule has 0 radical (unpaired) electrons. The zero-order valence-electron chi connectivity index (χ0n) is 11.2. The number of amides is 1. The van der Waals surface area contributed by atoms with Crippen molar-refractivity contribution in [2.45, 2.75) is 13.2 Å². The molecule has 0 fully saturated rings. The first kappa shape index (κ1) is 14.0. The van der Waals surface area contributed by atoms with Gasteiger partial charge in [-0.25, -0.2) is 9.97 Å². The fraction of sp³-hybridized carbons (Fsp3) is 0.214. The van der Waals surface area contributed by atoms with Gasteiger partial charge < -0.3 is 15.8 Å². The van der Waals surface area contributed by atoms with Crippen molar-refractivity contribution in [2.75, 3.05) is 12.8 Å². The molecule has 0 spiro atoms. The van der Waals surface area contributed by atoms with Crippen LogP contribution >= 0.6 is 0 Å². The van der Waals surface area contributed by atoms with E-state index in [4.69, 9.17) is 10.5 Å². The highest BCUT2D eigenvalue weighted by Gasteiger charge is 2.12. The summed E-state index contributed by atoms with van der Waals surface area (Å²) in [6, 6.07) is 7.74. The lowest BCUT2D eigenvalue weighted by atomic mass is 10.1. The van der Waals surface area contributed by atoms with Crippen LogP contribution in [0.25, 0.3) is 0 Å². The average Bonchev–Trinajstić information content (AvgIpc) is 2.47. The van der Waals surface area contributed by atoms with E-state index in [-0.39, 0.29) is 17.4 Å². The maximum Gasteiger partial charge on any atom is 0.273 e. The molecular weight excluding hydrogens is 256 g/mol. The molecule has 104 valence electrons. The number of hydrogen-bond donors (Lipinski definition) is 2. The summed E-state index contributed by atoms with van der Waals surface area (Å²) in [7, 11) is 1.63. The molecule has 2 aromatic rings. The van der Waals surface area contributed by atoms with Crippen molar-refractivity contribution in [2.24, 2.45) is 0 Å². The number of nitrogen functional groups attached to an aromatic ring is 1. The van der Waals surface area contributed by atoms with Crippen LogP contribution in [0.2, 0.25) is 0 Å². The third-order valence-electron chi connectivity index (χ3n) is 2.80. The Morgan fingerprint density at radius 1 is 1.25 bits per heavy atom. The Bertz CT molecular complexity index is 601. The molecule has 1 amide bonds. The van der Waals surface area contributed by atoms with E-state index < -0.39 is 0 Å². The summed E-state index contributed by atoms with van der Waals surface area (Å²) < 4.78 is 5.12. The van der Waals surface area contributed by atoms with Gasteiger partial charge in [-0.3, -0.25) is 4.79 Å². The molecule has 20 heavy (non-hydrogen) atoms. The van der Waals surface area contributed by atoms with E-state index in [9.17, 15) is 4.79 Å². The van der Waals surface area contributed by atoms with Gasteiger partial charge in [0.05, 0.1) is 6.61 Å². The highest BCUT2D eigenvalue weighted by Crippen LogP contribution is 2.10. The maximum absolute atomic E-state index is 12.0. The van der Waals surface area contributed by atoms with Crippen molar-refractivity contribution in [3.63, 3.8) is 0 Å². The van der Waals surface area contributed by atoms with Crippen LogP contribution < -0.4 is 11.1 Å². The Morgan fingerprint density at radius 2 is 1.95 bits per heavy atom. The molecule has 0 aliphatic rings. The summed E-state index contributed by atoms with van der Waals surface area (Å²) in [6.45, 7) is 0.883. The quantitative estimate of drug-likeness (QED) is 0.851. The second kappa shape index (κ2) is 6.63. The van der Waals surface area contributed by atoms with E-state index in [0.29, 0.717) is 13.2 Å². The fourth-order valence-corrected chi connectivity index (χ4v) is 1.81. The van der Waals surface area contributed by atoms with Crippen molar-refractivity contribution in [1.82, 2.24) is 15.3 Å². The third-order valence-corrected chi connectivity index (χ3v) is 2.80. The van der Waals surface area contributed by atoms with Gasteiger partial charge in [0.25, 0.3) is 5.91 Å². The number of nitrogens with one attached hydrogen (secondary N) is 1. The Morgan fingerprint density at radius 3 is 2.65 bits per heavy atom. The zero-order valence-corrected chi connectivity index (χ0v) is 11.2. The van der Waals surface area contributed by atoms with Crippen LogP contribution in [-0.4, -0.2) is 23.0 Å². The van der Waals surface area contributed by atoms with E-state index in [2.05, 4.69) is 15.3 Å². The van der Waals surface area contributed by atoms with Gasteiger partial charge in [0.2, 0.25) is 0 Å². The largest absolute Gasteiger partial charge is 0.382 e. The van der Waals surface area contributed by atoms with Crippen LogP contribution in [0.5, 0.6) is 0 Å². The molecule has 0 saturated carbocycles. The van der Waals surface area contributed by atoms with Crippen LogP contribution in [0.15, 0.2) is 36.7 Å². The van der Waals surface area contributed by atoms with Gasteiger partial charge in [0.15, 0.2) is 11.5 Å². The molecule has 0 unspecified atom stereocenters. The highest BCUT2D eigenvalue weighted by atomic mass is 16.5. The lowest BCUT2D eigenvalue weighted by molar-refractivity contribution is 0.0946. The monoisotopic (exact) mass is 272 g/mol. The Kier molecular flexibility index (Phi) is 4.62. The third kappa shape index (κ3) is 3.30. The molecule has 2 rings (SSSR count). The van der Waals surface area contributed by atoms with E-state index in [0.717, 1.165) is 11.1 Å². The van der Waals surface area contributed by atoms with Crippen LogP contribution in [0.1, 0.15) is 21.6 Å². The number of benzene rings is 1. The molecule has 0 atom stereocenters. The SMILES string of the molecule is COCc1ccccc1CNC(=O)c1nccnc1N. The Labute approximate surface area is 117 Å². The highest BCUT2D eigenvalue weighted by molar-refractivity contribution is 5.96. The summed E-state index contributed by atoms with van der Waals surface area (Å²) in [4.78, 5) is 19.7. The van der Waals surface area contributed by atoms with Crippen LogP contribution in [0.4, 0.5) is 5.82 Å². The number of hydrogen-bond acceptors (Lipinski definition) is 5. The number of ether oxygens (including phenoxy) is 1. The summed E-state index contributed by atoms with van der Waals surface area (Å²) in [5.74, 6) is -0.224. The minimum atomic E-state index is -0.345. The topological polar surface area (TPSA) is 90.1 Å². The molecule has 0 bridgehead atoms. The second-order valence-electron chi connectivity index (χ2n) is 4.17. The van der Waals surface area contributed by atoms with E-state index in [1.807, 2.05) is 24.3 Å². The molecule has 0 aliphatic carbocycles. The minimum absolute atomic E-state index is 0.121. The molecule has 6 heteroatoms. The predicted molar refractivity (Wildman–Crippen MR) is 74.8 cm³/mol. The lowest BCUT2D eigenvalue weighted by Crippen LogP contribution is -2.25. The van der Waals surface area contributed by atoms with Gasteiger partial charge in [-0.15, -0.1) is 0 Å². The van der Waals surface area contributed by atoms with E-state index >= 15 is 0 Å². The van der Waals surface area contributed by atoms with Crippen molar-refractivity contribution in [1.29, 1.82) is 0 Å².